The average Bonchev–Trinajstić information content (AvgIpc) is 2.72. The first kappa shape index (κ1) is 23.2. The van der Waals surface area contributed by atoms with Gasteiger partial charge in [0, 0.05) is 7.11 Å². The summed E-state index contributed by atoms with van der Waals surface area (Å²) in [6.07, 6.45) is -3.65. The first-order valence-corrected chi connectivity index (χ1v) is 9.64. The topological polar surface area (TPSA) is 42.5 Å². The molecule has 2 unspecified atom stereocenters. The summed E-state index contributed by atoms with van der Waals surface area (Å²) in [7, 11) is 3.09. The first-order chi connectivity index (χ1) is 13.9. The van der Waals surface area contributed by atoms with Gasteiger partial charge in [-0.2, -0.15) is 13.2 Å². The molecule has 0 saturated carbocycles. The SMILES string of the molecule is COCC(NC(CCNCCc1ccc(OC)cc1)C(F)(F)F)c1ccccc1. The third-order valence-corrected chi connectivity index (χ3v) is 4.69. The van der Waals surface area contributed by atoms with Crippen LogP contribution in [0.2, 0.25) is 0 Å². The fraction of sp³-hybridized carbons (Fsp3) is 0.455. The first-order valence-electron chi connectivity index (χ1n) is 9.64. The van der Waals surface area contributed by atoms with Gasteiger partial charge in [-0.15, -0.1) is 0 Å². The number of methoxy groups -OCH3 is 2. The normalized spacial score (nSPS) is 13.8. The predicted molar refractivity (Wildman–Crippen MR) is 108 cm³/mol. The summed E-state index contributed by atoms with van der Waals surface area (Å²) in [6, 6.07) is 14.6. The molecule has 2 aromatic carbocycles. The van der Waals surface area contributed by atoms with Crippen LogP contribution in [-0.4, -0.2) is 46.1 Å². The lowest BCUT2D eigenvalue weighted by molar-refractivity contribution is -0.160. The van der Waals surface area contributed by atoms with Crippen molar-refractivity contribution >= 4 is 0 Å². The van der Waals surface area contributed by atoms with Crippen molar-refractivity contribution in [2.75, 3.05) is 33.9 Å². The van der Waals surface area contributed by atoms with E-state index in [0.717, 1.165) is 23.3 Å². The molecule has 0 spiro atoms. The van der Waals surface area contributed by atoms with Gasteiger partial charge in [0.2, 0.25) is 0 Å². The summed E-state index contributed by atoms with van der Waals surface area (Å²) in [4.78, 5) is 0. The molecule has 0 saturated heterocycles. The van der Waals surface area contributed by atoms with Gasteiger partial charge < -0.3 is 14.8 Å². The molecule has 0 radical (unpaired) electrons. The summed E-state index contributed by atoms with van der Waals surface area (Å²) in [6.45, 7) is 1.04. The fourth-order valence-corrected chi connectivity index (χ4v) is 3.07. The molecular formula is C22H29F3N2O2. The molecule has 0 aliphatic heterocycles. The van der Waals surface area contributed by atoms with Crippen molar-refractivity contribution in [2.24, 2.45) is 0 Å². The van der Waals surface area contributed by atoms with E-state index >= 15 is 0 Å². The Bertz CT molecular complexity index is 693. The second-order valence-electron chi connectivity index (χ2n) is 6.82. The Labute approximate surface area is 170 Å². The molecule has 0 fully saturated rings. The van der Waals surface area contributed by atoms with Crippen LogP contribution in [0.15, 0.2) is 54.6 Å². The molecule has 160 valence electrons. The van der Waals surface area contributed by atoms with Crippen molar-refractivity contribution in [2.45, 2.75) is 31.1 Å². The third-order valence-electron chi connectivity index (χ3n) is 4.69. The van der Waals surface area contributed by atoms with Gasteiger partial charge in [0.25, 0.3) is 0 Å². The van der Waals surface area contributed by atoms with Crippen molar-refractivity contribution in [3.8, 4) is 5.75 Å². The smallest absolute Gasteiger partial charge is 0.403 e. The molecule has 2 rings (SSSR count). The third kappa shape index (κ3) is 8.04. The molecular weight excluding hydrogens is 381 g/mol. The van der Waals surface area contributed by atoms with E-state index in [1.165, 1.54) is 7.11 Å². The highest BCUT2D eigenvalue weighted by molar-refractivity contribution is 5.27. The number of hydrogen-bond donors (Lipinski definition) is 2. The lowest BCUT2D eigenvalue weighted by Crippen LogP contribution is -2.46. The van der Waals surface area contributed by atoms with Gasteiger partial charge in [0.05, 0.1) is 19.8 Å². The molecule has 0 bridgehead atoms. The molecule has 0 aliphatic carbocycles. The zero-order valence-electron chi connectivity index (χ0n) is 16.8. The lowest BCUT2D eigenvalue weighted by atomic mass is 10.1. The van der Waals surface area contributed by atoms with Gasteiger partial charge in [-0.3, -0.25) is 5.32 Å². The van der Waals surface area contributed by atoms with Crippen molar-refractivity contribution in [3.63, 3.8) is 0 Å². The van der Waals surface area contributed by atoms with Crippen LogP contribution in [-0.2, 0) is 11.2 Å². The van der Waals surface area contributed by atoms with Crippen LogP contribution < -0.4 is 15.4 Å². The minimum Gasteiger partial charge on any atom is -0.497 e. The number of hydrogen-bond acceptors (Lipinski definition) is 4. The average molecular weight is 410 g/mol. The minimum absolute atomic E-state index is 0.0564. The molecule has 29 heavy (non-hydrogen) atoms. The van der Waals surface area contributed by atoms with E-state index in [2.05, 4.69) is 10.6 Å². The zero-order valence-corrected chi connectivity index (χ0v) is 16.8. The second-order valence-corrected chi connectivity index (χ2v) is 6.82. The number of alkyl halides is 3. The van der Waals surface area contributed by atoms with Crippen molar-refractivity contribution < 1.29 is 22.6 Å². The van der Waals surface area contributed by atoms with Crippen LogP contribution in [0.5, 0.6) is 5.75 Å². The fourth-order valence-electron chi connectivity index (χ4n) is 3.07. The van der Waals surface area contributed by atoms with Gasteiger partial charge in [0.1, 0.15) is 11.8 Å². The molecule has 2 aromatic rings. The van der Waals surface area contributed by atoms with Crippen LogP contribution in [0.3, 0.4) is 0 Å². The Morgan fingerprint density at radius 3 is 2.21 bits per heavy atom. The summed E-state index contributed by atoms with van der Waals surface area (Å²) in [5.41, 5.74) is 1.88. The Hall–Kier alpha value is -2.09. The van der Waals surface area contributed by atoms with Crippen molar-refractivity contribution in [1.82, 2.24) is 10.6 Å². The summed E-state index contributed by atoms with van der Waals surface area (Å²) < 4.78 is 50.9. The number of rotatable bonds is 12. The van der Waals surface area contributed by atoms with Crippen LogP contribution in [0.1, 0.15) is 23.6 Å². The maximum absolute atomic E-state index is 13.5. The lowest BCUT2D eigenvalue weighted by Gasteiger charge is -2.27. The molecule has 2 N–H and O–H groups in total. The van der Waals surface area contributed by atoms with Gasteiger partial charge in [-0.25, -0.2) is 0 Å². The van der Waals surface area contributed by atoms with E-state index in [-0.39, 0.29) is 19.6 Å². The van der Waals surface area contributed by atoms with Crippen molar-refractivity contribution in [3.05, 3.63) is 65.7 Å². The molecule has 0 aliphatic rings. The molecule has 4 nitrogen and oxygen atoms in total. The highest BCUT2D eigenvalue weighted by atomic mass is 19.4. The minimum atomic E-state index is -4.33. The van der Waals surface area contributed by atoms with Crippen LogP contribution in [0.25, 0.3) is 0 Å². The highest BCUT2D eigenvalue weighted by Gasteiger charge is 2.40. The molecule has 7 heteroatoms. The summed E-state index contributed by atoms with van der Waals surface area (Å²) >= 11 is 0. The van der Waals surface area contributed by atoms with E-state index in [0.29, 0.717) is 6.54 Å². The standard InChI is InChI=1S/C22H29F3N2O2/c1-28-16-20(18-6-4-3-5-7-18)27-21(22(23,24)25)13-15-26-14-12-17-8-10-19(29-2)11-9-17/h3-11,20-21,26-27H,12-16H2,1-2H3. The van der Waals surface area contributed by atoms with Crippen LogP contribution >= 0.6 is 0 Å². The van der Waals surface area contributed by atoms with Gasteiger partial charge in [-0.1, -0.05) is 42.5 Å². The second kappa shape index (κ2) is 11.8. The van der Waals surface area contributed by atoms with Gasteiger partial charge in [-0.05, 0) is 49.2 Å². The molecule has 0 amide bonds. The summed E-state index contributed by atoms with van der Waals surface area (Å²) in [5, 5.41) is 5.84. The van der Waals surface area contributed by atoms with Crippen molar-refractivity contribution in [1.29, 1.82) is 0 Å². The quantitative estimate of drug-likeness (QED) is 0.517. The number of ether oxygens (including phenoxy) is 2. The number of halogens is 3. The maximum Gasteiger partial charge on any atom is 0.403 e. The number of benzene rings is 2. The Balaban J connectivity index is 1.84. The predicted octanol–water partition coefficient (Wildman–Crippen LogP) is 4.13. The van der Waals surface area contributed by atoms with Gasteiger partial charge in [0.15, 0.2) is 0 Å². The molecule has 0 heterocycles. The van der Waals surface area contributed by atoms with E-state index in [4.69, 9.17) is 9.47 Å². The van der Waals surface area contributed by atoms with Gasteiger partial charge >= 0.3 is 6.18 Å². The van der Waals surface area contributed by atoms with E-state index in [1.54, 1.807) is 19.2 Å². The largest absolute Gasteiger partial charge is 0.497 e. The maximum atomic E-state index is 13.5. The Morgan fingerprint density at radius 1 is 0.931 bits per heavy atom. The van der Waals surface area contributed by atoms with E-state index < -0.39 is 18.3 Å². The van der Waals surface area contributed by atoms with Crippen LogP contribution in [0, 0.1) is 0 Å². The van der Waals surface area contributed by atoms with E-state index in [9.17, 15) is 13.2 Å². The molecule has 0 aromatic heterocycles. The highest BCUT2D eigenvalue weighted by Crippen LogP contribution is 2.25. The summed E-state index contributed by atoms with van der Waals surface area (Å²) in [5.74, 6) is 0.782. The monoisotopic (exact) mass is 410 g/mol. The number of nitrogens with one attached hydrogen (secondary N) is 2. The Kier molecular flexibility index (Phi) is 9.44. The van der Waals surface area contributed by atoms with E-state index in [1.807, 2.05) is 42.5 Å². The van der Waals surface area contributed by atoms with Crippen LogP contribution in [0.4, 0.5) is 13.2 Å². The Morgan fingerprint density at radius 2 is 1.62 bits per heavy atom. The zero-order chi connectivity index (χ0) is 21.1. The molecule has 2 atom stereocenters.